The molecule has 1 saturated heterocycles. The van der Waals surface area contributed by atoms with E-state index in [0.717, 1.165) is 31.5 Å². The van der Waals surface area contributed by atoms with Crippen LogP contribution in [0.2, 0.25) is 0 Å². The van der Waals surface area contributed by atoms with Gasteiger partial charge in [0.2, 0.25) is 0 Å². The Hall–Kier alpha value is -1.39. The van der Waals surface area contributed by atoms with Crippen molar-refractivity contribution in [1.82, 2.24) is 9.80 Å². The minimum atomic E-state index is -0.373. The second-order valence-corrected chi connectivity index (χ2v) is 5.49. The minimum absolute atomic E-state index is 0.0272. The van der Waals surface area contributed by atoms with E-state index in [4.69, 9.17) is 0 Å². The van der Waals surface area contributed by atoms with Gasteiger partial charge in [-0.1, -0.05) is 12.1 Å². The first-order chi connectivity index (χ1) is 9.06. The molecule has 0 radical (unpaired) electrons. The molecule has 0 spiro atoms. The Kier molecular flexibility index (Phi) is 4.56. The Morgan fingerprint density at radius 2 is 2.26 bits per heavy atom. The summed E-state index contributed by atoms with van der Waals surface area (Å²) >= 11 is 0. The molecule has 4 heteroatoms. The number of β-amino-alcohol motifs (C(OH)–C–C–N with tert-alkyl or cyclic N) is 1. The molecule has 2 rings (SSSR count). The molecule has 0 bridgehead atoms. The fraction of sp³-hybridized carbons (Fsp3) is 0.533. The number of likely N-dealkylation sites (tertiary alicyclic amines) is 1. The van der Waals surface area contributed by atoms with Gasteiger partial charge in [-0.2, -0.15) is 0 Å². The summed E-state index contributed by atoms with van der Waals surface area (Å²) in [4.78, 5) is 16.2. The van der Waals surface area contributed by atoms with Crippen molar-refractivity contribution in [3.8, 4) is 0 Å². The van der Waals surface area contributed by atoms with Gasteiger partial charge in [-0.05, 0) is 44.6 Å². The topological polar surface area (TPSA) is 43.8 Å². The number of rotatable bonds is 3. The summed E-state index contributed by atoms with van der Waals surface area (Å²) in [5.74, 6) is 0.0272. The normalized spacial score (nSPS) is 19.8. The number of carbonyl (C=O) groups is 1. The molecule has 104 valence electrons. The van der Waals surface area contributed by atoms with Gasteiger partial charge in [0.25, 0.3) is 5.91 Å². The summed E-state index contributed by atoms with van der Waals surface area (Å²) in [6.45, 7) is 2.02. The summed E-state index contributed by atoms with van der Waals surface area (Å²) in [6, 6.07) is 7.75. The predicted octanol–water partition coefficient (Wildman–Crippen LogP) is 1.35. The second kappa shape index (κ2) is 6.17. The van der Waals surface area contributed by atoms with Crippen molar-refractivity contribution in [3.05, 3.63) is 35.4 Å². The lowest BCUT2D eigenvalue weighted by atomic mass is 10.1. The molecule has 1 atom stereocenters. The van der Waals surface area contributed by atoms with Crippen molar-refractivity contribution in [1.29, 1.82) is 0 Å². The molecule has 1 aromatic carbocycles. The van der Waals surface area contributed by atoms with Crippen LogP contribution in [0.3, 0.4) is 0 Å². The third-order valence-corrected chi connectivity index (χ3v) is 3.36. The third kappa shape index (κ3) is 3.78. The number of hydrogen-bond donors (Lipinski definition) is 1. The number of aliphatic hydroxyl groups is 1. The number of nitrogens with zero attached hydrogens (tertiary/aromatic N) is 2. The van der Waals surface area contributed by atoms with Crippen LogP contribution in [0.15, 0.2) is 24.3 Å². The van der Waals surface area contributed by atoms with Crippen LogP contribution in [0.1, 0.15) is 28.8 Å². The van der Waals surface area contributed by atoms with Gasteiger partial charge in [0.1, 0.15) is 0 Å². The maximum absolute atomic E-state index is 12.4. The molecule has 1 aliphatic heterocycles. The molecule has 1 aromatic rings. The van der Waals surface area contributed by atoms with Gasteiger partial charge in [0.05, 0.1) is 6.10 Å². The zero-order valence-corrected chi connectivity index (χ0v) is 11.7. The fourth-order valence-electron chi connectivity index (χ4n) is 2.49. The molecule has 1 unspecified atom stereocenters. The number of piperidine rings is 1. The molecule has 4 nitrogen and oxygen atoms in total. The first-order valence-electron chi connectivity index (χ1n) is 6.77. The molecule has 1 N–H and O–H groups in total. The van der Waals surface area contributed by atoms with Crippen LogP contribution < -0.4 is 0 Å². The van der Waals surface area contributed by atoms with Crippen LogP contribution in [0.4, 0.5) is 0 Å². The third-order valence-electron chi connectivity index (χ3n) is 3.36. The van der Waals surface area contributed by atoms with E-state index >= 15 is 0 Å². The molecule has 0 saturated carbocycles. The maximum atomic E-state index is 12.4. The number of amides is 1. The molecule has 1 aliphatic rings. The van der Waals surface area contributed by atoms with Crippen molar-refractivity contribution in [2.45, 2.75) is 25.5 Å². The summed E-state index contributed by atoms with van der Waals surface area (Å²) in [6.07, 6.45) is 1.30. The lowest BCUT2D eigenvalue weighted by Gasteiger charge is -2.30. The van der Waals surface area contributed by atoms with Crippen molar-refractivity contribution < 1.29 is 9.90 Å². The number of carbonyl (C=O) groups excluding carboxylic acids is 1. The van der Waals surface area contributed by atoms with Gasteiger partial charge >= 0.3 is 0 Å². The zero-order valence-electron chi connectivity index (χ0n) is 11.7. The monoisotopic (exact) mass is 262 g/mol. The summed E-state index contributed by atoms with van der Waals surface area (Å²) < 4.78 is 0. The van der Waals surface area contributed by atoms with Crippen molar-refractivity contribution in [2.75, 3.05) is 27.2 Å². The highest BCUT2D eigenvalue weighted by Gasteiger charge is 2.23. The lowest BCUT2D eigenvalue weighted by molar-refractivity contribution is 0.0473. The van der Waals surface area contributed by atoms with Crippen LogP contribution >= 0.6 is 0 Å². The second-order valence-electron chi connectivity index (χ2n) is 5.49. The van der Waals surface area contributed by atoms with E-state index in [-0.39, 0.29) is 12.0 Å². The molecule has 1 heterocycles. The molecule has 19 heavy (non-hydrogen) atoms. The van der Waals surface area contributed by atoms with Gasteiger partial charge in [0, 0.05) is 25.2 Å². The highest BCUT2D eigenvalue weighted by atomic mass is 16.3. The van der Waals surface area contributed by atoms with Crippen molar-refractivity contribution in [3.63, 3.8) is 0 Å². The van der Waals surface area contributed by atoms with Crippen molar-refractivity contribution >= 4 is 5.91 Å². The average molecular weight is 262 g/mol. The van der Waals surface area contributed by atoms with E-state index in [9.17, 15) is 9.90 Å². The zero-order chi connectivity index (χ0) is 13.8. The van der Waals surface area contributed by atoms with Crippen LogP contribution in [0.25, 0.3) is 0 Å². The largest absolute Gasteiger partial charge is 0.391 e. The van der Waals surface area contributed by atoms with E-state index in [1.807, 2.05) is 38.4 Å². The van der Waals surface area contributed by atoms with Gasteiger partial charge in [0.15, 0.2) is 0 Å². The molecule has 1 amide bonds. The van der Waals surface area contributed by atoms with E-state index in [2.05, 4.69) is 4.90 Å². The van der Waals surface area contributed by atoms with E-state index in [1.165, 1.54) is 0 Å². The van der Waals surface area contributed by atoms with Gasteiger partial charge in [-0.3, -0.25) is 4.79 Å². The molecular formula is C15H22N2O2. The molecule has 0 aliphatic carbocycles. The van der Waals surface area contributed by atoms with Gasteiger partial charge in [-0.15, -0.1) is 0 Å². The van der Waals surface area contributed by atoms with E-state index < -0.39 is 0 Å². The number of aliphatic hydroxyl groups excluding tert-OH is 1. The first kappa shape index (κ1) is 14.0. The van der Waals surface area contributed by atoms with Crippen LogP contribution in [-0.2, 0) is 6.54 Å². The summed E-state index contributed by atoms with van der Waals surface area (Å²) in [5, 5.41) is 9.65. The predicted molar refractivity (Wildman–Crippen MR) is 75.0 cm³/mol. The Morgan fingerprint density at radius 1 is 1.47 bits per heavy atom. The Morgan fingerprint density at radius 3 is 2.95 bits per heavy atom. The fourth-order valence-corrected chi connectivity index (χ4v) is 2.49. The number of hydrogen-bond acceptors (Lipinski definition) is 3. The molecule has 0 aromatic heterocycles. The Labute approximate surface area is 114 Å². The molecule has 1 fully saturated rings. The Balaban J connectivity index is 2.10. The summed E-state index contributed by atoms with van der Waals surface area (Å²) in [5.41, 5.74) is 1.85. The lowest BCUT2D eigenvalue weighted by Crippen LogP contribution is -2.42. The Bertz CT molecular complexity index is 446. The van der Waals surface area contributed by atoms with Gasteiger partial charge < -0.3 is 14.9 Å². The highest BCUT2D eigenvalue weighted by Crippen LogP contribution is 2.15. The quantitative estimate of drug-likeness (QED) is 0.894. The maximum Gasteiger partial charge on any atom is 0.253 e. The van der Waals surface area contributed by atoms with Crippen LogP contribution in [0.5, 0.6) is 0 Å². The van der Waals surface area contributed by atoms with E-state index in [0.29, 0.717) is 12.1 Å². The van der Waals surface area contributed by atoms with Crippen LogP contribution in [0, 0.1) is 0 Å². The average Bonchev–Trinajstić information content (AvgIpc) is 2.37. The standard InChI is InChI=1S/C15H22N2O2/c1-16(2)10-12-5-3-6-13(9-12)15(19)17-8-4-7-14(18)11-17/h3,5-6,9,14,18H,4,7-8,10-11H2,1-2H3. The summed E-state index contributed by atoms with van der Waals surface area (Å²) in [7, 11) is 4.02. The number of benzene rings is 1. The van der Waals surface area contributed by atoms with E-state index in [1.54, 1.807) is 4.90 Å². The molecular weight excluding hydrogens is 240 g/mol. The minimum Gasteiger partial charge on any atom is -0.391 e. The SMILES string of the molecule is CN(C)Cc1cccc(C(=O)N2CCCC(O)C2)c1. The smallest absolute Gasteiger partial charge is 0.253 e. The van der Waals surface area contributed by atoms with Gasteiger partial charge in [-0.25, -0.2) is 0 Å². The highest BCUT2D eigenvalue weighted by molar-refractivity contribution is 5.94. The van der Waals surface area contributed by atoms with Crippen LogP contribution in [-0.4, -0.2) is 54.1 Å². The van der Waals surface area contributed by atoms with Crippen molar-refractivity contribution in [2.24, 2.45) is 0 Å². The first-order valence-corrected chi connectivity index (χ1v) is 6.77.